The lowest BCUT2D eigenvalue weighted by Crippen LogP contribution is -1.85. The van der Waals surface area contributed by atoms with E-state index in [2.05, 4.69) is 10.5 Å². The Balaban J connectivity index is 1.74. The normalized spacial score (nSPS) is 10.8. The van der Waals surface area contributed by atoms with Crippen molar-refractivity contribution >= 4 is 11.3 Å². The summed E-state index contributed by atoms with van der Waals surface area (Å²) in [6.07, 6.45) is 0. The molecule has 0 amide bonds. The first kappa shape index (κ1) is 15.6. The standard InChI is InChI=1S/C20H16N2O2S/c1-13-18(19(22-24-13)15-6-4-3-5-7-15)20-21-17(12-25-20)14-8-10-16(23-2)11-9-14/h3-12H,1-2H3. The van der Waals surface area contributed by atoms with Crippen LogP contribution in [-0.2, 0) is 0 Å². The smallest absolute Gasteiger partial charge is 0.144 e. The van der Waals surface area contributed by atoms with Gasteiger partial charge in [-0.25, -0.2) is 4.98 Å². The Kier molecular flexibility index (Phi) is 4.07. The van der Waals surface area contributed by atoms with Crippen LogP contribution < -0.4 is 4.74 Å². The fourth-order valence-electron chi connectivity index (χ4n) is 2.70. The highest BCUT2D eigenvalue weighted by Crippen LogP contribution is 2.37. The maximum absolute atomic E-state index is 5.45. The molecule has 0 spiro atoms. The molecule has 0 aliphatic carbocycles. The Hall–Kier alpha value is -2.92. The third-order valence-electron chi connectivity index (χ3n) is 4.01. The second-order valence-electron chi connectivity index (χ2n) is 5.59. The van der Waals surface area contributed by atoms with E-state index in [0.717, 1.165) is 44.6 Å². The zero-order valence-corrected chi connectivity index (χ0v) is 14.7. The number of thiazole rings is 1. The van der Waals surface area contributed by atoms with Crippen LogP contribution in [0.2, 0.25) is 0 Å². The minimum absolute atomic E-state index is 0.773. The molecule has 2 aromatic carbocycles. The monoisotopic (exact) mass is 348 g/mol. The fraction of sp³-hybridized carbons (Fsp3) is 0.100. The van der Waals surface area contributed by atoms with Crippen LogP contribution in [0.3, 0.4) is 0 Å². The van der Waals surface area contributed by atoms with Gasteiger partial charge in [-0.3, -0.25) is 0 Å². The Morgan fingerprint density at radius 3 is 2.44 bits per heavy atom. The van der Waals surface area contributed by atoms with Gasteiger partial charge in [-0.15, -0.1) is 11.3 Å². The summed E-state index contributed by atoms with van der Waals surface area (Å²) in [7, 11) is 1.66. The fourth-order valence-corrected chi connectivity index (χ4v) is 3.62. The Morgan fingerprint density at radius 1 is 0.960 bits per heavy atom. The summed E-state index contributed by atoms with van der Waals surface area (Å²) in [5.74, 6) is 1.61. The summed E-state index contributed by atoms with van der Waals surface area (Å²) in [4.78, 5) is 4.80. The van der Waals surface area contributed by atoms with Gasteiger partial charge in [0, 0.05) is 16.5 Å². The van der Waals surface area contributed by atoms with E-state index >= 15 is 0 Å². The molecule has 2 aromatic heterocycles. The van der Waals surface area contributed by atoms with Crippen molar-refractivity contribution < 1.29 is 9.26 Å². The molecule has 0 aliphatic heterocycles. The zero-order valence-electron chi connectivity index (χ0n) is 13.9. The predicted molar refractivity (Wildman–Crippen MR) is 99.8 cm³/mol. The van der Waals surface area contributed by atoms with Crippen LogP contribution >= 0.6 is 11.3 Å². The number of methoxy groups -OCH3 is 1. The first-order valence-electron chi connectivity index (χ1n) is 7.88. The van der Waals surface area contributed by atoms with Gasteiger partial charge in [0.05, 0.1) is 18.4 Å². The highest BCUT2D eigenvalue weighted by Gasteiger charge is 2.19. The number of rotatable bonds is 4. The molecule has 4 rings (SSSR count). The molecule has 124 valence electrons. The van der Waals surface area contributed by atoms with Crippen molar-refractivity contribution in [2.75, 3.05) is 7.11 Å². The average molecular weight is 348 g/mol. The summed E-state index contributed by atoms with van der Waals surface area (Å²) in [6, 6.07) is 17.9. The molecule has 0 bridgehead atoms. The van der Waals surface area contributed by atoms with Crippen LogP contribution in [0.5, 0.6) is 5.75 Å². The van der Waals surface area contributed by atoms with Crippen molar-refractivity contribution in [3.8, 4) is 38.8 Å². The first-order chi connectivity index (χ1) is 12.3. The van der Waals surface area contributed by atoms with Crippen molar-refractivity contribution in [1.82, 2.24) is 10.1 Å². The minimum Gasteiger partial charge on any atom is -0.497 e. The van der Waals surface area contributed by atoms with Gasteiger partial charge in [-0.1, -0.05) is 35.5 Å². The summed E-state index contributed by atoms with van der Waals surface area (Å²) in [5, 5.41) is 7.20. The molecule has 0 N–H and O–H groups in total. The van der Waals surface area contributed by atoms with Crippen molar-refractivity contribution in [1.29, 1.82) is 0 Å². The molecule has 5 heteroatoms. The lowest BCUT2D eigenvalue weighted by atomic mass is 10.1. The van der Waals surface area contributed by atoms with Crippen molar-refractivity contribution in [2.45, 2.75) is 6.92 Å². The van der Waals surface area contributed by atoms with Crippen molar-refractivity contribution in [3.05, 3.63) is 65.7 Å². The lowest BCUT2D eigenvalue weighted by molar-refractivity contribution is 0.400. The number of ether oxygens (including phenoxy) is 1. The SMILES string of the molecule is COc1ccc(-c2csc(-c3c(-c4ccccc4)noc3C)n2)cc1. The third-order valence-corrected chi connectivity index (χ3v) is 4.87. The highest BCUT2D eigenvalue weighted by atomic mass is 32.1. The van der Waals surface area contributed by atoms with Crippen LogP contribution in [0.15, 0.2) is 64.5 Å². The van der Waals surface area contributed by atoms with Crippen LogP contribution in [0.4, 0.5) is 0 Å². The van der Waals surface area contributed by atoms with Gasteiger partial charge in [-0.2, -0.15) is 0 Å². The largest absolute Gasteiger partial charge is 0.497 e. The summed E-state index contributed by atoms with van der Waals surface area (Å²) >= 11 is 1.59. The van der Waals surface area contributed by atoms with E-state index in [4.69, 9.17) is 14.2 Å². The third kappa shape index (κ3) is 2.94. The molecule has 4 nitrogen and oxygen atoms in total. The van der Waals surface area contributed by atoms with E-state index in [1.54, 1.807) is 18.4 Å². The molecule has 0 saturated heterocycles. The van der Waals surface area contributed by atoms with Gasteiger partial charge in [0.25, 0.3) is 0 Å². The molecule has 4 aromatic rings. The molecule has 2 heterocycles. The van der Waals surface area contributed by atoms with Crippen molar-refractivity contribution in [3.63, 3.8) is 0 Å². The number of aromatic nitrogens is 2. The average Bonchev–Trinajstić information content (AvgIpc) is 3.29. The van der Waals surface area contributed by atoms with E-state index in [-0.39, 0.29) is 0 Å². The van der Waals surface area contributed by atoms with Crippen LogP contribution in [0.1, 0.15) is 5.76 Å². The Morgan fingerprint density at radius 2 is 1.72 bits per heavy atom. The molecule has 0 radical (unpaired) electrons. The van der Waals surface area contributed by atoms with E-state index in [0.29, 0.717) is 0 Å². The molecule has 0 unspecified atom stereocenters. The molecule has 0 aliphatic rings. The number of nitrogens with zero attached hydrogens (tertiary/aromatic N) is 2. The summed E-state index contributed by atoms with van der Waals surface area (Å²) in [6.45, 7) is 1.92. The predicted octanol–water partition coefficient (Wildman–Crippen LogP) is 5.45. The minimum atomic E-state index is 0.773. The van der Waals surface area contributed by atoms with E-state index in [1.807, 2.05) is 61.5 Å². The molecule has 0 atom stereocenters. The maximum Gasteiger partial charge on any atom is 0.144 e. The van der Waals surface area contributed by atoms with E-state index in [1.165, 1.54) is 0 Å². The summed E-state index contributed by atoms with van der Waals surface area (Å²) < 4.78 is 10.7. The molecule has 25 heavy (non-hydrogen) atoms. The highest BCUT2D eigenvalue weighted by molar-refractivity contribution is 7.13. The maximum atomic E-state index is 5.45. The topological polar surface area (TPSA) is 48.2 Å². The van der Waals surface area contributed by atoms with Crippen molar-refractivity contribution in [2.24, 2.45) is 0 Å². The second-order valence-corrected chi connectivity index (χ2v) is 6.45. The number of hydrogen-bond donors (Lipinski definition) is 0. The zero-order chi connectivity index (χ0) is 17.2. The van der Waals surface area contributed by atoms with Gasteiger partial charge in [0.15, 0.2) is 0 Å². The van der Waals surface area contributed by atoms with Crippen LogP contribution in [0, 0.1) is 6.92 Å². The molecular weight excluding hydrogens is 332 g/mol. The second kappa shape index (κ2) is 6.53. The van der Waals surface area contributed by atoms with Gasteiger partial charge in [-0.05, 0) is 31.2 Å². The van der Waals surface area contributed by atoms with Crippen LogP contribution in [0.25, 0.3) is 33.1 Å². The molecule has 0 saturated carbocycles. The van der Waals surface area contributed by atoms with Gasteiger partial charge < -0.3 is 9.26 Å². The van der Waals surface area contributed by atoms with E-state index < -0.39 is 0 Å². The lowest BCUT2D eigenvalue weighted by Gasteiger charge is -2.01. The Bertz CT molecular complexity index is 988. The first-order valence-corrected chi connectivity index (χ1v) is 8.76. The quantitative estimate of drug-likeness (QED) is 0.492. The van der Waals surface area contributed by atoms with Gasteiger partial charge in [0.1, 0.15) is 22.2 Å². The molecular formula is C20H16N2O2S. The number of hydrogen-bond acceptors (Lipinski definition) is 5. The van der Waals surface area contributed by atoms with Gasteiger partial charge >= 0.3 is 0 Å². The van der Waals surface area contributed by atoms with Gasteiger partial charge in [0.2, 0.25) is 0 Å². The number of benzene rings is 2. The summed E-state index contributed by atoms with van der Waals surface area (Å²) in [5.41, 5.74) is 4.79. The molecule has 0 fully saturated rings. The van der Waals surface area contributed by atoms with Crippen LogP contribution in [-0.4, -0.2) is 17.3 Å². The number of aryl methyl sites for hydroxylation is 1. The Labute approximate surface area is 149 Å². The van der Waals surface area contributed by atoms with E-state index in [9.17, 15) is 0 Å².